The molecule has 1 radical (unpaired) electrons. The quantitative estimate of drug-likeness (QED) is 0.543. The molecular weight excluding hydrogens is 128 g/mol. The van der Waals surface area contributed by atoms with Crippen molar-refractivity contribution >= 4 is 5.82 Å². The van der Waals surface area contributed by atoms with Gasteiger partial charge in [-0.1, -0.05) is 0 Å². The summed E-state index contributed by atoms with van der Waals surface area (Å²) >= 11 is 0. The Morgan fingerprint density at radius 1 is 1.30 bits per heavy atom. The monoisotopic (exact) mass is 135 g/mol. The third-order valence-electron chi connectivity index (χ3n) is 1.39. The van der Waals surface area contributed by atoms with E-state index in [2.05, 4.69) is 20.6 Å². The molecule has 0 aliphatic carbocycles. The van der Waals surface area contributed by atoms with E-state index in [1.807, 2.05) is 0 Å². The molecule has 0 saturated carbocycles. The average Bonchev–Trinajstić information content (AvgIpc) is 2.05. The Kier molecular flexibility index (Phi) is 1.25. The van der Waals surface area contributed by atoms with E-state index in [1.165, 1.54) is 0 Å². The van der Waals surface area contributed by atoms with Crippen molar-refractivity contribution < 1.29 is 0 Å². The van der Waals surface area contributed by atoms with Crippen molar-refractivity contribution in [3.8, 4) is 0 Å². The van der Waals surface area contributed by atoms with E-state index in [0.29, 0.717) is 13.2 Å². The summed E-state index contributed by atoms with van der Waals surface area (Å²) in [5, 5.41) is 7.13. The van der Waals surface area contributed by atoms with Crippen LogP contribution in [-0.4, -0.2) is 16.6 Å². The van der Waals surface area contributed by atoms with Crippen molar-refractivity contribution in [1.82, 2.24) is 15.3 Å². The van der Waals surface area contributed by atoms with Crippen molar-refractivity contribution in [1.29, 1.82) is 0 Å². The molecular formula is C6H7N4. The van der Waals surface area contributed by atoms with Crippen LogP contribution in [0.25, 0.3) is 0 Å². The topological polar surface area (TPSA) is 51.9 Å². The lowest BCUT2D eigenvalue weighted by Crippen LogP contribution is -2.23. The Bertz CT molecular complexity index is 210. The molecule has 1 aromatic rings. The fourth-order valence-electron chi connectivity index (χ4n) is 0.923. The Labute approximate surface area is 58.7 Å². The number of rotatable bonds is 0. The smallest absolute Gasteiger partial charge is 0.150 e. The molecule has 0 bridgehead atoms. The average molecular weight is 135 g/mol. The van der Waals surface area contributed by atoms with Gasteiger partial charge in [0.25, 0.3) is 0 Å². The molecule has 0 unspecified atom stereocenters. The van der Waals surface area contributed by atoms with Crippen LogP contribution >= 0.6 is 0 Å². The standard InChI is InChI=1S/C6H7N4/c1-2-9-6-5(8-1)3-7-4-10-6/h1-2H,3-4H2,(H,9,10). The van der Waals surface area contributed by atoms with Crippen LogP contribution in [0.5, 0.6) is 0 Å². The number of anilines is 1. The van der Waals surface area contributed by atoms with Gasteiger partial charge in [0.15, 0.2) is 0 Å². The summed E-state index contributed by atoms with van der Waals surface area (Å²) in [6.07, 6.45) is 3.36. The highest BCUT2D eigenvalue weighted by molar-refractivity contribution is 5.40. The maximum absolute atomic E-state index is 4.10. The van der Waals surface area contributed by atoms with E-state index in [-0.39, 0.29) is 0 Å². The Morgan fingerprint density at radius 3 is 3.10 bits per heavy atom. The van der Waals surface area contributed by atoms with Crippen LogP contribution in [0.4, 0.5) is 5.82 Å². The molecule has 0 fully saturated rings. The molecule has 0 amide bonds. The van der Waals surface area contributed by atoms with E-state index >= 15 is 0 Å². The van der Waals surface area contributed by atoms with E-state index < -0.39 is 0 Å². The van der Waals surface area contributed by atoms with Gasteiger partial charge in [-0.05, 0) is 0 Å². The maximum Gasteiger partial charge on any atom is 0.150 e. The molecule has 1 N–H and O–H groups in total. The van der Waals surface area contributed by atoms with Gasteiger partial charge in [0, 0.05) is 12.4 Å². The van der Waals surface area contributed by atoms with Crippen LogP contribution < -0.4 is 10.6 Å². The van der Waals surface area contributed by atoms with Crippen LogP contribution in [0.2, 0.25) is 0 Å². The summed E-state index contributed by atoms with van der Waals surface area (Å²) in [5.74, 6) is 0.873. The van der Waals surface area contributed by atoms with Crippen molar-refractivity contribution in [2.75, 3.05) is 12.0 Å². The van der Waals surface area contributed by atoms with Gasteiger partial charge in [-0.3, -0.25) is 4.98 Å². The molecule has 0 atom stereocenters. The van der Waals surface area contributed by atoms with Crippen molar-refractivity contribution in [3.63, 3.8) is 0 Å². The molecule has 0 spiro atoms. The maximum atomic E-state index is 4.10. The molecule has 0 aromatic carbocycles. The van der Waals surface area contributed by atoms with Crippen LogP contribution in [0.3, 0.4) is 0 Å². The highest BCUT2D eigenvalue weighted by Gasteiger charge is 2.08. The molecule has 4 heteroatoms. The van der Waals surface area contributed by atoms with Gasteiger partial charge in [0.1, 0.15) is 5.82 Å². The van der Waals surface area contributed by atoms with Crippen molar-refractivity contribution in [2.24, 2.45) is 0 Å². The Hall–Kier alpha value is -1.16. The lowest BCUT2D eigenvalue weighted by atomic mass is 10.3. The summed E-state index contributed by atoms with van der Waals surface area (Å²) < 4.78 is 0. The minimum atomic E-state index is 0.658. The zero-order valence-electron chi connectivity index (χ0n) is 5.41. The lowest BCUT2D eigenvalue weighted by molar-refractivity contribution is 0.668. The first-order valence-corrected chi connectivity index (χ1v) is 3.14. The highest BCUT2D eigenvalue weighted by Crippen LogP contribution is 2.10. The molecule has 2 rings (SSSR count). The van der Waals surface area contributed by atoms with Crippen molar-refractivity contribution in [2.45, 2.75) is 6.54 Å². The molecule has 1 aliphatic heterocycles. The molecule has 1 aliphatic rings. The van der Waals surface area contributed by atoms with Gasteiger partial charge < -0.3 is 5.32 Å². The first-order valence-electron chi connectivity index (χ1n) is 3.14. The van der Waals surface area contributed by atoms with Gasteiger partial charge in [0.05, 0.1) is 18.9 Å². The van der Waals surface area contributed by atoms with E-state index in [0.717, 1.165) is 11.5 Å². The third-order valence-corrected chi connectivity index (χ3v) is 1.39. The number of hydrogen-bond donors (Lipinski definition) is 1. The first kappa shape index (κ1) is 5.61. The zero-order chi connectivity index (χ0) is 6.81. The zero-order valence-corrected chi connectivity index (χ0v) is 5.41. The predicted molar refractivity (Wildman–Crippen MR) is 36.4 cm³/mol. The summed E-state index contributed by atoms with van der Waals surface area (Å²) in [6, 6.07) is 0. The molecule has 10 heavy (non-hydrogen) atoms. The molecule has 4 nitrogen and oxygen atoms in total. The second kappa shape index (κ2) is 2.22. The minimum Gasteiger partial charge on any atom is -0.354 e. The van der Waals surface area contributed by atoms with Gasteiger partial charge >= 0.3 is 0 Å². The van der Waals surface area contributed by atoms with E-state index in [4.69, 9.17) is 0 Å². The fraction of sp³-hybridized carbons (Fsp3) is 0.333. The fourth-order valence-corrected chi connectivity index (χ4v) is 0.923. The van der Waals surface area contributed by atoms with Gasteiger partial charge in [-0.15, -0.1) is 0 Å². The molecule has 0 saturated heterocycles. The third kappa shape index (κ3) is 0.823. The molecule has 51 valence electrons. The number of hydrogen-bond acceptors (Lipinski definition) is 3. The van der Waals surface area contributed by atoms with Gasteiger partial charge in [0.2, 0.25) is 0 Å². The predicted octanol–water partition coefficient (Wildman–Crippen LogP) is -0.0360. The van der Waals surface area contributed by atoms with Crippen LogP contribution in [0.15, 0.2) is 12.4 Å². The van der Waals surface area contributed by atoms with Gasteiger partial charge in [-0.25, -0.2) is 10.3 Å². The highest BCUT2D eigenvalue weighted by atomic mass is 15.2. The second-order valence-electron chi connectivity index (χ2n) is 2.07. The van der Waals surface area contributed by atoms with E-state index in [1.54, 1.807) is 12.4 Å². The van der Waals surface area contributed by atoms with Crippen LogP contribution in [-0.2, 0) is 6.54 Å². The number of nitrogens with one attached hydrogen (secondary N) is 1. The minimum absolute atomic E-state index is 0.658. The second-order valence-corrected chi connectivity index (χ2v) is 2.07. The normalized spacial score (nSPS) is 15.6. The van der Waals surface area contributed by atoms with Crippen LogP contribution in [0, 0.1) is 0 Å². The number of aromatic nitrogens is 2. The number of fused-ring (bicyclic) bond motifs is 1. The lowest BCUT2D eigenvalue weighted by Gasteiger charge is -2.14. The summed E-state index contributed by atoms with van der Waals surface area (Å²) in [6.45, 7) is 1.35. The van der Waals surface area contributed by atoms with Crippen molar-refractivity contribution in [3.05, 3.63) is 18.1 Å². The molecule has 1 aromatic heterocycles. The Morgan fingerprint density at radius 2 is 2.20 bits per heavy atom. The van der Waals surface area contributed by atoms with Gasteiger partial charge in [-0.2, -0.15) is 0 Å². The largest absolute Gasteiger partial charge is 0.354 e. The molecule has 2 heterocycles. The SMILES string of the molecule is c1cnc2c(n1)C[N]CN2. The number of nitrogens with zero attached hydrogens (tertiary/aromatic N) is 3. The first-order chi connectivity index (χ1) is 4.97. The summed E-state index contributed by atoms with van der Waals surface area (Å²) in [7, 11) is 0. The summed E-state index contributed by atoms with van der Waals surface area (Å²) in [5.41, 5.74) is 0.939. The van der Waals surface area contributed by atoms with E-state index in [9.17, 15) is 0 Å². The Balaban J connectivity index is 2.41. The van der Waals surface area contributed by atoms with Crippen LogP contribution in [0.1, 0.15) is 5.69 Å². The summed E-state index contributed by atoms with van der Waals surface area (Å²) in [4.78, 5) is 8.19.